The summed E-state index contributed by atoms with van der Waals surface area (Å²) in [5.74, 6) is 1.01. The van der Waals surface area contributed by atoms with Gasteiger partial charge < -0.3 is 33.4 Å². The number of H-pyrrole nitrogens is 1. The van der Waals surface area contributed by atoms with Gasteiger partial charge in [-0.1, -0.05) is 6.92 Å². The first kappa shape index (κ1) is 30.1. The van der Waals surface area contributed by atoms with Gasteiger partial charge in [0.1, 0.15) is 11.9 Å². The van der Waals surface area contributed by atoms with Crippen molar-refractivity contribution < 1.29 is 38.0 Å². The third-order valence-electron chi connectivity index (χ3n) is 10.2. The Kier molecular flexibility index (Phi) is 8.37. The van der Waals surface area contributed by atoms with Crippen LogP contribution in [0.4, 0.5) is 0 Å². The van der Waals surface area contributed by atoms with Crippen molar-refractivity contribution in [1.82, 2.24) is 9.88 Å². The summed E-state index contributed by atoms with van der Waals surface area (Å²) in [6.07, 6.45) is 2.72. The zero-order valence-electron chi connectivity index (χ0n) is 26.3. The predicted molar refractivity (Wildman–Crippen MR) is 164 cm³/mol. The van der Waals surface area contributed by atoms with E-state index in [9.17, 15) is 9.59 Å². The predicted octanol–water partition coefficient (Wildman–Crippen LogP) is 5.18. The van der Waals surface area contributed by atoms with Crippen LogP contribution in [0.1, 0.15) is 53.8 Å². The number of benzene rings is 2. The topological polar surface area (TPSA) is 109 Å². The summed E-state index contributed by atoms with van der Waals surface area (Å²) in [7, 11) is 7.67. The number of carbonyl (C=O) groups is 2. The van der Waals surface area contributed by atoms with Crippen LogP contribution in [-0.2, 0) is 20.7 Å². The van der Waals surface area contributed by atoms with Crippen LogP contribution in [0.3, 0.4) is 0 Å². The van der Waals surface area contributed by atoms with Gasteiger partial charge in [-0.2, -0.15) is 0 Å². The van der Waals surface area contributed by atoms with Crippen molar-refractivity contribution in [3.63, 3.8) is 0 Å². The van der Waals surface area contributed by atoms with Crippen LogP contribution >= 0.6 is 0 Å². The number of methoxy groups -OCH3 is 5. The number of nitrogens with one attached hydrogen (secondary N) is 1. The third kappa shape index (κ3) is 5.02. The molecule has 2 aliphatic heterocycles. The lowest BCUT2D eigenvalue weighted by Gasteiger charge is -2.53. The van der Waals surface area contributed by atoms with E-state index in [1.54, 1.807) is 19.2 Å². The molecular formula is C34H42N2O8. The molecule has 0 radical (unpaired) electrons. The number of ether oxygens (including phenoxy) is 6. The van der Waals surface area contributed by atoms with Crippen molar-refractivity contribution in [3.05, 3.63) is 47.2 Å². The molecule has 0 unspecified atom stereocenters. The van der Waals surface area contributed by atoms with E-state index in [2.05, 4.69) is 28.9 Å². The standard InChI is InChI=1S/C34H42N2O8/c1-7-21-27(44-33(37)18-12-28(40-3)32(42-5)29(13-18)41-4)14-19-17-36-11-10-23-22-9-8-20(39-2)15-25(22)35-31(23)26(36)16-24(19)30(21)34(38)43-6/h8-9,12-13,15,19,21,24,26-27,30,35H,7,10-11,14,16-17H2,1-6H3/t19-,21+,24+,26-,27-,30-/m1/s1. The van der Waals surface area contributed by atoms with E-state index >= 15 is 0 Å². The van der Waals surface area contributed by atoms with Gasteiger partial charge in [0.15, 0.2) is 11.5 Å². The first-order valence-corrected chi connectivity index (χ1v) is 15.4. The van der Waals surface area contributed by atoms with E-state index < -0.39 is 12.1 Å². The summed E-state index contributed by atoms with van der Waals surface area (Å²) >= 11 is 0. The van der Waals surface area contributed by atoms with Crippen LogP contribution in [-0.4, -0.2) is 76.6 Å². The minimum absolute atomic E-state index is 0.108. The number of aromatic amines is 1. The van der Waals surface area contributed by atoms with Gasteiger partial charge in [0.05, 0.1) is 53.1 Å². The molecule has 236 valence electrons. The van der Waals surface area contributed by atoms with Gasteiger partial charge in [0.25, 0.3) is 0 Å². The smallest absolute Gasteiger partial charge is 0.338 e. The maximum absolute atomic E-state index is 13.6. The molecule has 1 N–H and O–H groups in total. The lowest BCUT2D eigenvalue weighted by atomic mass is 9.60. The second-order valence-electron chi connectivity index (χ2n) is 12.1. The van der Waals surface area contributed by atoms with Crippen molar-refractivity contribution >= 4 is 22.8 Å². The van der Waals surface area contributed by atoms with E-state index in [1.165, 1.54) is 45.1 Å². The molecule has 1 saturated carbocycles. The lowest BCUT2D eigenvalue weighted by Crippen LogP contribution is -2.55. The molecule has 6 atom stereocenters. The van der Waals surface area contributed by atoms with E-state index in [-0.39, 0.29) is 35.7 Å². The number of rotatable bonds is 8. The molecule has 3 heterocycles. The second-order valence-corrected chi connectivity index (χ2v) is 12.1. The molecule has 1 aromatic heterocycles. The molecule has 2 fully saturated rings. The average Bonchev–Trinajstić information content (AvgIpc) is 3.43. The zero-order valence-corrected chi connectivity index (χ0v) is 26.3. The number of fused-ring (bicyclic) bond motifs is 6. The molecule has 0 amide bonds. The monoisotopic (exact) mass is 606 g/mol. The number of esters is 2. The Morgan fingerprint density at radius 2 is 1.70 bits per heavy atom. The molecule has 10 nitrogen and oxygen atoms in total. The first-order chi connectivity index (χ1) is 21.3. The average molecular weight is 607 g/mol. The summed E-state index contributed by atoms with van der Waals surface area (Å²) in [5.41, 5.74) is 3.98. The fraction of sp³-hybridized carbons (Fsp3) is 0.529. The normalized spacial score (nSPS) is 26.1. The highest BCUT2D eigenvalue weighted by molar-refractivity contribution is 5.91. The van der Waals surface area contributed by atoms with E-state index in [0.29, 0.717) is 35.7 Å². The number of aromatic nitrogens is 1. The van der Waals surface area contributed by atoms with Gasteiger partial charge in [-0.25, -0.2) is 4.79 Å². The maximum atomic E-state index is 13.6. The number of hydrogen-bond acceptors (Lipinski definition) is 9. The summed E-state index contributed by atoms with van der Waals surface area (Å²) in [6, 6.07) is 9.59. The molecule has 2 aromatic carbocycles. The highest BCUT2D eigenvalue weighted by Gasteiger charge is 2.53. The molecular weight excluding hydrogens is 564 g/mol. The van der Waals surface area contributed by atoms with Gasteiger partial charge in [-0.05, 0) is 67.3 Å². The van der Waals surface area contributed by atoms with E-state index in [0.717, 1.165) is 37.2 Å². The molecule has 3 aliphatic rings. The number of nitrogens with zero attached hydrogens (tertiary/aromatic N) is 1. The van der Waals surface area contributed by atoms with Crippen LogP contribution in [0.2, 0.25) is 0 Å². The summed E-state index contributed by atoms with van der Waals surface area (Å²) < 4.78 is 33.5. The number of carbonyl (C=O) groups excluding carboxylic acids is 2. The molecule has 1 aliphatic carbocycles. The Morgan fingerprint density at radius 3 is 2.34 bits per heavy atom. The number of hydrogen-bond donors (Lipinski definition) is 1. The minimum Gasteiger partial charge on any atom is -0.497 e. The minimum atomic E-state index is -0.487. The summed E-state index contributed by atoms with van der Waals surface area (Å²) in [4.78, 5) is 33.3. The van der Waals surface area contributed by atoms with Crippen LogP contribution in [0.25, 0.3) is 10.9 Å². The van der Waals surface area contributed by atoms with Crippen LogP contribution < -0.4 is 18.9 Å². The second kappa shape index (κ2) is 12.2. The Labute approximate surface area is 257 Å². The molecule has 1 saturated heterocycles. The quantitative estimate of drug-likeness (QED) is 0.347. The van der Waals surface area contributed by atoms with Crippen molar-refractivity contribution in [2.45, 2.75) is 44.8 Å². The van der Waals surface area contributed by atoms with Crippen molar-refractivity contribution in [3.8, 4) is 23.0 Å². The highest BCUT2D eigenvalue weighted by atomic mass is 16.6. The Bertz CT molecular complexity index is 1520. The summed E-state index contributed by atoms with van der Waals surface area (Å²) in [5, 5.41) is 1.24. The zero-order chi connectivity index (χ0) is 31.1. The fourth-order valence-corrected chi connectivity index (χ4v) is 8.16. The summed E-state index contributed by atoms with van der Waals surface area (Å²) in [6.45, 7) is 3.83. The molecule has 44 heavy (non-hydrogen) atoms. The molecule has 6 rings (SSSR count). The molecule has 0 spiro atoms. The van der Waals surface area contributed by atoms with Crippen molar-refractivity contribution in [2.75, 3.05) is 48.6 Å². The van der Waals surface area contributed by atoms with Gasteiger partial charge >= 0.3 is 11.9 Å². The highest BCUT2D eigenvalue weighted by Crippen LogP contribution is 2.52. The van der Waals surface area contributed by atoms with Crippen molar-refractivity contribution in [2.24, 2.45) is 23.7 Å². The molecule has 10 heteroatoms. The Hall–Kier alpha value is -3.92. The van der Waals surface area contributed by atoms with Crippen LogP contribution in [0.5, 0.6) is 23.0 Å². The Morgan fingerprint density at radius 1 is 0.955 bits per heavy atom. The van der Waals surface area contributed by atoms with Gasteiger partial charge in [-0.3, -0.25) is 9.69 Å². The fourth-order valence-electron chi connectivity index (χ4n) is 8.16. The largest absolute Gasteiger partial charge is 0.497 e. The van der Waals surface area contributed by atoms with E-state index in [4.69, 9.17) is 28.4 Å². The van der Waals surface area contributed by atoms with Gasteiger partial charge in [-0.15, -0.1) is 0 Å². The lowest BCUT2D eigenvalue weighted by molar-refractivity contribution is -0.163. The SMILES string of the molecule is CC[C@@H]1[C@@H](C(=O)OC)[C@H]2C[C@@H]3c4[nH]c5cc(OC)ccc5c4CCN3C[C@H]2C[C@H]1OC(=O)c1cc(OC)c(OC)c(OC)c1. The van der Waals surface area contributed by atoms with Gasteiger partial charge in [0, 0.05) is 41.7 Å². The molecule has 3 aromatic rings. The van der Waals surface area contributed by atoms with Crippen molar-refractivity contribution in [1.29, 1.82) is 0 Å². The Balaban J connectivity index is 1.29. The van der Waals surface area contributed by atoms with Crippen LogP contribution in [0, 0.1) is 23.7 Å². The van der Waals surface area contributed by atoms with E-state index in [1.807, 2.05) is 6.07 Å². The van der Waals surface area contributed by atoms with Crippen LogP contribution in [0.15, 0.2) is 30.3 Å². The van der Waals surface area contributed by atoms with Gasteiger partial charge in [0.2, 0.25) is 5.75 Å². The number of piperidine rings is 1. The molecule has 0 bridgehead atoms. The maximum Gasteiger partial charge on any atom is 0.338 e. The third-order valence-corrected chi connectivity index (χ3v) is 10.2. The first-order valence-electron chi connectivity index (χ1n) is 15.4.